The number of benzene rings is 2. The lowest BCUT2D eigenvalue weighted by atomic mass is 10.1. The van der Waals surface area contributed by atoms with Crippen molar-refractivity contribution in [1.29, 1.82) is 0 Å². The Morgan fingerprint density at radius 3 is 2.41 bits per heavy atom. The van der Waals surface area contributed by atoms with Crippen molar-refractivity contribution in [2.24, 2.45) is 0 Å². The van der Waals surface area contributed by atoms with Gasteiger partial charge in [-0.3, -0.25) is 9.78 Å². The first-order chi connectivity index (χ1) is 13.0. The van der Waals surface area contributed by atoms with Crippen molar-refractivity contribution in [3.63, 3.8) is 0 Å². The molecule has 5 nitrogen and oxygen atoms in total. The molecule has 27 heavy (non-hydrogen) atoms. The van der Waals surface area contributed by atoms with Crippen molar-refractivity contribution in [3.05, 3.63) is 76.4 Å². The van der Waals surface area contributed by atoms with Gasteiger partial charge >= 0.3 is 11.9 Å². The largest absolute Gasteiger partial charge is 0.465 e. The lowest BCUT2D eigenvalue weighted by Crippen LogP contribution is -2.19. The summed E-state index contributed by atoms with van der Waals surface area (Å²) in [6, 6.07) is 18.5. The number of hydrogen-bond acceptors (Lipinski definition) is 5. The summed E-state index contributed by atoms with van der Waals surface area (Å²) < 4.78 is 11.5. The van der Waals surface area contributed by atoms with E-state index in [9.17, 15) is 9.59 Å². The van der Waals surface area contributed by atoms with Crippen LogP contribution in [0.1, 0.15) is 28.9 Å². The van der Waals surface area contributed by atoms with E-state index in [-0.39, 0.29) is 25.1 Å². The topological polar surface area (TPSA) is 65.5 Å². The summed E-state index contributed by atoms with van der Waals surface area (Å²) in [5.74, 6) is -1.17. The Morgan fingerprint density at radius 1 is 0.963 bits per heavy atom. The van der Waals surface area contributed by atoms with E-state index >= 15 is 0 Å². The van der Waals surface area contributed by atoms with Gasteiger partial charge in [0.25, 0.3) is 0 Å². The van der Waals surface area contributed by atoms with Crippen molar-refractivity contribution in [3.8, 4) is 0 Å². The smallest absolute Gasteiger partial charge is 0.338 e. The highest BCUT2D eigenvalue weighted by atomic mass is 79.9. The third-order valence-electron chi connectivity index (χ3n) is 4.02. The highest BCUT2D eigenvalue weighted by Crippen LogP contribution is 2.20. The Morgan fingerprint density at radius 2 is 1.67 bits per heavy atom. The summed E-state index contributed by atoms with van der Waals surface area (Å²) in [5.41, 5.74) is 2.00. The van der Waals surface area contributed by atoms with Gasteiger partial charge in [-0.2, -0.15) is 0 Å². The number of carbonyl (C=O) groups is 2. The molecule has 1 atom stereocenters. The molecular formula is C21H18BrNO4. The number of ether oxygens (including phenoxy) is 2. The Hall–Kier alpha value is -2.73. The van der Waals surface area contributed by atoms with Crippen LogP contribution in [-0.2, 0) is 14.3 Å². The third kappa shape index (κ3) is 5.14. The summed E-state index contributed by atoms with van der Waals surface area (Å²) in [7, 11) is 0. The first-order valence-corrected chi connectivity index (χ1v) is 9.24. The molecule has 0 spiro atoms. The van der Waals surface area contributed by atoms with Gasteiger partial charge in [0.1, 0.15) is 13.2 Å². The number of aromatic nitrogens is 1. The average Bonchev–Trinajstić information content (AvgIpc) is 2.68. The van der Waals surface area contributed by atoms with E-state index in [0.717, 1.165) is 15.4 Å². The molecule has 0 aliphatic rings. The fraction of sp³-hybridized carbons (Fsp3) is 0.190. The van der Waals surface area contributed by atoms with Crippen LogP contribution in [0.5, 0.6) is 0 Å². The maximum absolute atomic E-state index is 12.3. The van der Waals surface area contributed by atoms with Gasteiger partial charge in [0, 0.05) is 16.8 Å². The number of carbonyl (C=O) groups excluding carboxylic acids is 2. The zero-order chi connectivity index (χ0) is 19.2. The zero-order valence-electron chi connectivity index (χ0n) is 14.7. The molecule has 3 aromatic rings. The number of rotatable bonds is 6. The fourth-order valence-corrected chi connectivity index (χ4v) is 2.86. The van der Waals surface area contributed by atoms with Gasteiger partial charge < -0.3 is 9.47 Å². The maximum atomic E-state index is 12.3. The monoisotopic (exact) mass is 427 g/mol. The predicted octanol–water partition coefficient (Wildman–Crippen LogP) is 4.50. The Bertz CT molecular complexity index is 956. The minimum absolute atomic E-state index is 0.0630. The fourth-order valence-electron chi connectivity index (χ4n) is 2.59. The molecule has 0 radical (unpaired) electrons. The Kier molecular flexibility index (Phi) is 6.19. The number of pyridine rings is 1. The zero-order valence-corrected chi connectivity index (χ0v) is 16.3. The molecule has 3 rings (SSSR count). The first kappa shape index (κ1) is 19.0. The highest BCUT2D eigenvalue weighted by Gasteiger charge is 2.19. The minimum atomic E-state index is -0.434. The highest BCUT2D eigenvalue weighted by molar-refractivity contribution is 9.10. The van der Waals surface area contributed by atoms with E-state index in [0.29, 0.717) is 11.3 Å². The maximum Gasteiger partial charge on any atom is 0.338 e. The molecule has 0 bridgehead atoms. The number of fused-ring (bicyclic) bond motifs is 1. The van der Waals surface area contributed by atoms with E-state index in [1.54, 1.807) is 24.3 Å². The summed E-state index contributed by atoms with van der Waals surface area (Å²) in [5, 5.41) is 1.01. The molecule has 0 saturated heterocycles. The van der Waals surface area contributed by atoms with Crippen molar-refractivity contribution in [2.45, 2.75) is 12.8 Å². The molecule has 0 saturated carbocycles. The summed E-state index contributed by atoms with van der Waals surface area (Å²) in [6.07, 6.45) is 0. The van der Waals surface area contributed by atoms with Crippen LogP contribution in [0.15, 0.2) is 65.1 Å². The van der Waals surface area contributed by atoms with Gasteiger partial charge in [0.2, 0.25) is 0 Å². The second-order valence-electron chi connectivity index (χ2n) is 6.03. The number of para-hydroxylation sites is 1. The van der Waals surface area contributed by atoms with Crippen LogP contribution in [0.25, 0.3) is 10.9 Å². The van der Waals surface area contributed by atoms with Crippen LogP contribution in [0.2, 0.25) is 0 Å². The minimum Gasteiger partial charge on any atom is -0.465 e. The van der Waals surface area contributed by atoms with Gasteiger partial charge in [-0.25, -0.2) is 4.79 Å². The van der Waals surface area contributed by atoms with Gasteiger partial charge in [-0.1, -0.05) is 40.2 Å². The van der Waals surface area contributed by atoms with Crippen LogP contribution in [0, 0.1) is 0 Å². The summed E-state index contributed by atoms with van der Waals surface area (Å²) in [4.78, 5) is 28.1. The van der Waals surface area contributed by atoms with Gasteiger partial charge in [-0.05, 0) is 36.4 Å². The van der Waals surface area contributed by atoms with Crippen molar-refractivity contribution < 1.29 is 19.1 Å². The second-order valence-corrected chi connectivity index (χ2v) is 6.95. The number of esters is 2. The van der Waals surface area contributed by atoms with Crippen molar-refractivity contribution in [1.82, 2.24) is 4.98 Å². The molecule has 2 aromatic carbocycles. The van der Waals surface area contributed by atoms with Crippen LogP contribution >= 0.6 is 15.9 Å². The molecule has 0 N–H and O–H groups in total. The van der Waals surface area contributed by atoms with E-state index in [2.05, 4.69) is 20.9 Å². The molecule has 0 aliphatic carbocycles. The van der Waals surface area contributed by atoms with Gasteiger partial charge in [0.15, 0.2) is 0 Å². The first-order valence-electron chi connectivity index (χ1n) is 8.44. The number of halogens is 1. The average molecular weight is 428 g/mol. The van der Waals surface area contributed by atoms with E-state index in [4.69, 9.17) is 9.47 Å². The molecule has 138 valence electrons. The van der Waals surface area contributed by atoms with Crippen LogP contribution in [0.3, 0.4) is 0 Å². The third-order valence-corrected chi connectivity index (χ3v) is 4.55. The van der Waals surface area contributed by atoms with Crippen molar-refractivity contribution >= 4 is 38.8 Å². The van der Waals surface area contributed by atoms with Crippen LogP contribution in [-0.4, -0.2) is 30.1 Å². The molecule has 0 aliphatic heterocycles. The molecule has 1 aromatic heterocycles. The summed E-state index contributed by atoms with van der Waals surface area (Å²) in [6.45, 7) is 1.50. The van der Waals surface area contributed by atoms with Gasteiger partial charge in [0.05, 0.1) is 22.7 Å². The predicted molar refractivity (Wildman–Crippen MR) is 106 cm³/mol. The molecule has 0 amide bonds. The number of hydrogen-bond donors (Lipinski definition) is 0. The standard InChI is InChI=1S/C21H18BrNO4/c1-14(24)26-12-17(13-27-21(25)16-6-9-18(22)10-7-16)20-11-8-15-4-2-3-5-19(15)23-20/h2-11,17H,12-13H2,1H3/t17-/m0/s1. The van der Waals surface area contributed by atoms with Crippen molar-refractivity contribution in [2.75, 3.05) is 13.2 Å². The quantitative estimate of drug-likeness (QED) is 0.541. The molecular weight excluding hydrogens is 410 g/mol. The van der Waals surface area contributed by atoms with E-state index in [1.807, 2.05) is 36.4 Å². The molecule has 6 heteroatoms. The Labute approximate surface area is 165 Å². The van der Waals surface area contributed by atoms with Crippen LogP contribution in [0.4, 0.5) is 0 Å². The van der Waals surface area contributed by atoms with Crippen LogP contribution < -0.4 is 0 Å². The van der Waals surface area contributed by atoms with E-state index < -0.39 is 5.97 Å². The van der Waals surface area contributed by atoms with Gasteiger partial charge in [-0.15, -0.1) is 0 Å². The number of nitrogens with zero attached hydrogens (tertiary/aromatic N) is 1. The Balaban J connectivity index is 1.76. The second kappa shape index (κ2) is 8.77. The lowest BCUT2D eigenvalue weighted by molar-refractivity contribution is -0.141. The normalized spacial score (nSPS) is 11.8. The molecule has 1 heterocycles. The molecule has 0 unspecified atom stereocenters. The summed E-state index contributed by atoms with van der Waals surface area (Å²) >= 11 is 3.33. The SMILES string of the molecule is CC(=O)OC[C@@H](COC(=O)c1ccc(Br)cc1)c1ccc2ccccc2n1. The van der Waals surface area contributed by atoms with E-state index in [1.165, 1.54) is 6.92 Å². The molecule has 0 fully saturated rings. The lowest BCUT2D eigenvalue weighted by Gasteiger charge is -2.17.